The van der Waals surface area contributed by atoms with Gasteiger partial charge in [0.15, 0.2) is 0 Å². The maximum atomic E-state index is 4.61. The van der Waals surface area contributed by atoms with Crippen molar-refractivity contribution in [3.05, 3.63) is 18.0 Å². The van der Waals surface area contributed by atoms with E-state index in [-0.39, 0.29) is 0 Å². The Bertz CT molecular complexity index is 370. The van der Waals surface area contributed by atoms with Gasteiger partial charge in [-0.25, -0.2) is 0 Å². The topological polar surface area (TPSA) is 29.9 Å². The van der Waals surface area contributed by atoms with Crippen LogP contribution in [0.3, 0.4) is 0 Å². The highest BCUT2D eigenvalue weighted by Crippen LogP contribution is 2.35. The zero-order chi connectivity index (χ0) is 13.7. The molecular formula is C16H29N3. The Morgan fingerprint density at radius 3 is 2.89 bits per heavy atom. The molecule has 0 radical (unpaired) electrons. The number of nitrogens with zero attached hydrogens (tertiary/aromatic N) is 2. The average Bonchev–Trinajstić information content (AvgIpc) is 2.87. The van der Waals surface area contributed by atoms with E-state index in [4.69, 9.17) is 0 Å². The smallest absolute Gasteiger partial charge is 0.0547 e. The lowest BCUT2D eigenvalue weighted by Gasteiger charge is -2.30. The van der Waals surface area contributed by atoms with E-state index in [9.17, 15) is 0 Å². The van der Waals surface area contributed by atoms with Gasteiger partial charge >= 0.3 is 0 Å². The second-order valence-corrected chi connectivity index (χ2v) is 6.37. The van der Waals surface area contributed by atoms with Crippen molar-refractivity contribution >= 4 is 0 Å². The summed E-state index contributed by atoms with van der Waals surface area (Å²) in [6.45, 7) is 8.82. The van der Waals surface area contributed by atoms with Crippen molar-refractivity contribution in [3.8, 4) is 0 Å². The predicted molar refractivity (Wildman–Crippen MR) is 80.1 cm³/mol. The van der Waals surface area contributed by atoms with E-state index in [2.05, 4.69) is 42.1 Å². The summed E-state index contributed by atoms with van der Waals surface area (Å²) in [6, 6.07) is 0.637. The molecule has 2 unspecified atom stereocenters. The third-order valence-corrected chi connectivity index (χ3v) is 4.27. The van der Waals surface area contributed by atoms with E-state index >= 15 is 0 Å². The molecule has 2 rings (SSSR count). The molecule has 1 heterocycles. The number of aromatic nitrogens is 2. The Morgan fingerprint density at radius 1 is 1.37 bits per heavy atom. The molecule has 19 heavy (non-hydrogen) atoms. The zero-order valence-electron chi connectivity index (χ0n) is 12.7. The maximum absolute atomic E-state index is 4.61. The number of hydrogen-bond acceptors (Lipinski definition) is 2. The molecule has 1 fully saturated rings. The van der Waals surface area contributed by atoms with Crippen LogP contribution in [-0.4, -0.2) is 16.3 Å². The fourth-order valence-corrected chi connectivity index (χ4v) is 3.17. The Hall–Kier alpha value is -0.830. The van der Waals surface area contributed by atoms with Crippen molar-refractivity contribution in [1.29, 1.82) is 0 Å². The van der Waals surface area contributed by atoms with Gasteiger partial charge in [-0.15, -0.1) is 0 Å². The van der Waals surface area contributed by atoms with Gasteiger partial charge in [-0.3, -0.25) is 4.68 Å². The van der Waals surface area contributed by atoms with E-state index in [1.807, 2.05) is 6.20 Å². The SMILES string of the molecule is CCC1CCCCC1n1cc(CNCC(C)C)cn1. The highest BCUT2D eigenvalue weighted by atomic mass is 15.3. The standard InChI is InChI=1S/C16H29N3/c1-4-15-7-5-6-8-16(15)19-12-14(11-18-19)10-17-9-13(2)3/h11-13,15-17H,4-10H2,1-3H3. The van der Waals surface area contributed by atoms with Crippen LogP contribution in [0.25, 0.3) is 0 Å². The first kappa shape index (κ1) is 14.6. The molecule has 1 N–H and O–H groups in total. The van der Waals surface area contributed by atoms with Gasteiger partial charge in [0.05, 0.1) is 12.2 Å². The van der Waals surface area contributed by atoms with Crippen molar-refractivity contribution in [2.24, 2.45) is 11.8 Å². The van der Waals surface area contributed by atoms with Gasteiger partial charge in [-0.2, -0.15) is 5.10 Å². The zero-order valence-corrected chi connectivity index (χ0v) is 12.7. The molecule has 1 aromatic rings. The van der Waals surface area contributed by atoms with Crippen molar-refractivity contribution in [2.75, 3.05) is 6.54 Å². The van der Waals surface area contributed by atoms with Gasteiger partial charge in [0.1, 0.15) is 0 Å². The molecule has 3 heteroatoms. The van der Waals surface area contributed by atoms with Crippen LogP contribution < -0.4 is 5.32 Å². The first-order valence-electron chi connectivity index (χ1n) is 7.94. The monoisotopic (exact) mass is 263 g/mol. The average molecular weight is 263 g/mol. The highest BCUT2D eigenvalue weighted by molar-refractivity contribution is 5.04. The van der Waals surface area contributed by atoms with E-state index in [1.54, 1.807) is 0 Å². The molecule has 3 nitrogen and oxygen atoms in total. The predicted octanol–water partition coefficient (Wildman–Crippen LogP) is 3.77. The maximum Gasteiger partial charge on any atom is 0.0547 e. The van der Waals surface area contributed by atoms with Crippen molar-refractivity contribution < 1.29 is 0 Å². The van der Waals surface area contributed by atoms with Crippen LogP contribution in [0.1, 0.15) is 64.5 Å². The van der Waals surface area contributed by atoms with Gasteiger partial charge in [0.25, 0.3) is 0 Å². The lowest BCUT2D eigenvalue weighted by atomic mass is 9.83. The molecule has 0 spiro atoms. The van der Waals surface area contributed by atoms with Gasteiger partial charge in [-0.1, -0.05) is 40.0 Å². The Balaban J connectivity index is 1.91. The fraction of sp³-hybridized carbons (Fsp3) is 0.812. The molecule has 0 aliphatic heterocycles. The summed E-state index contributed by atoms with van der Waals surface area (Å²) in [5.74, 6) is 1.53. The van der Waals surface area contributed by atoms with Crippen molar-refractivity contribution in [3.63, 3.8) is 0 Å². The second kappa shape index (κ2) is 7.09. The fourth-order valence-electron chi connectivity index (χ4n) is 3.17. The quantitative estimate of drug-likeness (QED) is 0.846. The molecule has 2 atom stereocenters. The number of hydrogen-bond donors (Lipinski definition) is 1. The minimum absolute atomic E-state index is 0.637. The molecule has 1 aliphatic rings. The lowest BCUT2D eigenvalue weighted by Crippen LogP contribution is -2.23. The van der Waals surface area contributed by atoms with Gasteiger partial charge < -0.3 is 5.32 Å². The molecule has 1 saturated carbocycles. The second-order valence-electron chi connectivity index (χ2n) is 6.37. The highest BCUT2D eigenvalue weighted by Gasteiger charge is 2.25. The minimum atomic E-state index is 0.637. The van der Waals surface area contributed by atoms with Crippen molar-refractivity contribution in [2.45, 2.75) is 65.5 Å². The summed E-state index contributed by atoms with van der Waals surface area (Å²) in [4.78, 5) is 0. The van der Waals surface area contributed by atoms with Crippen molar-refractivity contribution in [1.82, 2.24) is 15.1 Å². The summed E-state index contributed by atoms with van der Waals surface area (Å²) in [7, 11) is 0. The number of rotatable bonds is 6. The van der Waals surface area contributed by atoms with Crippen LogP contribution >= 0.6 is 0 Å². The summed E-state index contributed by atoms with van der Waals surface area (Å²) in [5.41, 5.74) is 1.32. The van der Waals surface area contributed by atoms with Crippen LogP contribution in [0.4, 0.5) is 0 Å². The molecule has 0 bridgehead atoms. The largest absolute Gasteiger partial charge is 0.312 e. The van der Waals surface area contributed by atoms with Crippen LogP contribution in [0.5, 0.6) is 0 Å². The lowest BCUT2D eigenvalue weighted by molar-refractivity contribution is 0.217. The third-order valence-electron chi connectivity index (χ3n) is 4.27. The van der Waals surface area contributed by atoms with E-state index in [0.717, 1.165) is 19.0 Å². The van der Waals surface area contributed by atoms with Crippen LogP contribution in [0.15, 0.2) is 12.4 Å². The first-order chi connectivity index (χ1) is 9.20. The molecule has 1 aliphatic carbocycles. The Labute approximate surface area is 117 Å². The summed E-state index contributed by atoms with van der Waals surface area (Å²) < 4.78 is 2.24. The minimum Gasteiger partial charge on any atom is -0.312 e. The number of nitrogens with one attached hydrogen (secondary N) is 1. The normalized spacial score (nSPS) is 24.0. The van der Waals surface area contributed by atoms with Crippen LogP contribution in [0.2, 0.25) is 0 Å². The molecule has 0 aromatic carbocycles. The van der Waals surface area contributed by atoms with Gasteiger partial charge in [0, 0.05) is 18.3 Å². The van der Waals surface area contributed by atoms with Gasteiger partial charge in [-0.05, 0) is 31.2 Å². The van der Waals surface area contributed by atoms with E-state index in [1.165, 1.54) is 37.7 Å². The van der Waals surface area contributed by atoms with Gasteiger partial charge in [0.2, 0.25) is 0 Å². The third kappa shape index (κ3) is 4.07. The van der Waals surface area contributed by atoms with Crippen LogP contribution in [0, 0.1) is 11.8 Å². The van der Waals surface area contributed by atoms with E-state index in [0.29, 0.717) is 12.0 Å². The Morgan fingerprint density at radius 2 is 2.16 bits per heavy atom. The molecule has 0 amide bonds. The summed E-state index contributed by atoms with van der Waals surface area (Å²) >= 11 is 0. The summed E-state index contributed by atoms with van der Waals surface area (Å²) in [5, 5.41) is 8.10. The molecule has 0 saturated heterocycles. The van der Waals surface area contributed by atoms with Crippen LogP contribution in [-0.2, 0) is 6.54 Å². The summed E-state index contributed by atoms with van der Waals surface area (Å²) in [6.07, 6.45) is 11.0. The molecular weight excluding hydrogens is 234 g/mol. The first-order valence-corrected chi connectivity index (χ1v) is 7.94. The molecule has 1 aromatic heterocycles. The van der Waals surface area contributed by atoms with E-state index < -0.39 is 0 Å². The Kier molecular flexibility index (Phi) is 5.44. The molecule has 108 valence electrons.